The monoisotopic (exact) mass is 528 g/mol. The first kappa shape index (κ1) is 32.1. The maximum absolute atomic E-state index is 12.4. The highest BCUT2D eigenvalue weighted by atomic mass is 16.6. The van der Waals surface area contributed by atoms with E-state index in [1.165, 1.54) is 0 Å². The van der Waals surface area contributed by atoms with E-state index >= 15 is 0 Å². The van der Waals surface area contributed by atoms with Crippen molar-refractivity contribution in [1.82, 2.24) is 0 Å². The van der Waals surface area contributed by atoms with E-state index in [2.05, 4.69) is 0 Å². The number of hydrogen-bond donors (Lipinski definition) is 6. The van der Waals surface area contributed by atoms with Crippen LogP contribution in [0.25, 0.3) is 0 Å². The van der Waals surface area contributed by atoms with Crippen LogP contribution in [0.2, 0.25) is 0 Å². The number of rotatable bonds is 18. The van der Waals surface area contributed by atoms with Crippen LogP contribution in [0.5, 0.6) is 0 Å². The number of carbonyl (C=O) groups is 3. The maximum atomic E-state index is 12.4. The van der Waals surface area contributed by atoms with Gasteiger partial charge in [0, 0.05) is 0 Å². The molecule has 0 radical (unpaired) electrons. The van der Waals surface area contributed by atoms with E-state index < -0.39 is 54.5 Å². The predicted molar refractivity (Wildman–Crippen MR) is 115 cm³/mol. The van der Waals surface area contributed by atoms with E-state index in [-0.39, 0.29) is 78.7 Å². The van der Waals surface area contributed by atoms with Gasteiger partial charge in [0.2, 0.25) is 0 Å². The second kappa shape index (κ2) is 18.3. The first-order valence-corrected chi connectivity index (χ1v) is 11.4. The summed E-state index contributed by atoms with van der Waals surface area (Å²) in [6.07, 6.45) is -11.8. The molecular formula is C21H36O15. The van der Waals surface area contributed by atoms with Crippen LogP contribution in [0, 0.1) is 0 Å². The molecule has 0 amide bonds. The summed E-state index contributed by atoms with van der Waals surface area (Å²) in [5.41, 5.74) is 0. The van der Waals surface area contributed by atoms with Gasteiger partial charge >= 0.3 is 17.9 Å². The van der Waals surface area contributed by atoms with Gasteiger partial charge in [-0.05, 0) is 0 Å². The molecule has 1 rings (SSSR count). The second-order valence-corrected chi connectivity index (χ2v) is 7.59. The summed E-state index contributed by atoms with van der Waals surface area (Å²) in [6, 6.07) is 0. The van der Waals surface area contributed by atoms with E-state index in [0.717, 1.165) is 0 Å². The third-order valence-electron chi connectivity index (χ3n) is 4.88. The molecule has 15 nitrogen and oxygen atoms in total. The Morgan fingerprint density at radius 3 is 1.08 bits per heavy atom. The van der Waals surface area contributed by atoms with Crippen molar-refractivity contribution in [2.75, 3.05) is 59.5 Å². The zero-order valence-electron chi connectivity index (χ0n) is 19.8. The predicted octanol–water partition coefficient (Wildman–Crippen LogP) is -3.98. The van der Waals surface area contributed by atoms with Crippen LogP contribution in [0.1, 0.15) is 19.3 Å². The fourth-order valence-corrected chi connectivity index (χ4v) is 3.17. The lowest BCUT2D eigenvalue weighted by atomic mass is 9.84. The molecule has 1 fully saturated rings. The molecule has 6 atom stereocenters. The number of carbonyl (C=O) groups excluding carboxylic acids is 3. The number of aliphatic hydroxyl groups is 6. The molecule has 0 aromatic heterocycles. The molecule has 0 unspecified atom stereocenters. The van der Waals surface area contributed by atoms with Crippen molar-refractivity contribution in [1.29, 1.82) is 0 Å². The van der Waals surface area contributed by atoms with Crippen LogP contribution in [-0.4, -0.2) is 145 Å². The average molecular weight is 529 g/mol. The Bertz CT molecular complexity index is 605. The lowest BCUT2D eigenvalue weighted by molar-refractivity contribution is -0.248. The van der Waals surface area contributed by atoms with E-state index in [9.17, 15) is 29.7 Å². The summed E-state index contributed by atoms with van der Waals surface area (Å²) in [5, 5.41) is 57.4. The zero-order chi connectivity index (χ0) is 26.9. The Morgan fingerprint density at radius 2 is 0.778 bits per heavy atom. The Hall–Kier alpha value is -1.95. The lowest BCUT2D eigenvalue weighted by Crippen LogP contribution is -2.66. The Kier molecular flexibility index (Phi) is 16.3. The second-order valence-electron chi connectivity index (χ2n) is 7.59. The molecule has 1 saturated carbocycles. The standard InChI is InChI=1S/C21H36O15/c22-4-10-31-7-1-13(25)34-19-17(29)16(28)18(30)20(35-14(26)2-8-32-11-5-23)21(19)36-15(27)3-9-33-12-6-24/h16-24,28-30H,1-12H2/t16-,17-,18-,19+,20-,21-/m1/s1. The van der Waals surface area contributed by atoms with Crippen LogP contribution in [-0.2, 0) is 42.8 Å². The highest BCUT2D eigenvalue weighted by Gasteiger charge is 2.55. The minimum atomic E-state index is -1.93. The molecule has 0 bridgehead atoms. The van der Waals surface area contributed by atoms with E-state index in [0.29, 0.717) is 0 Å². The summed E-state index contributed by atoms with van der Waals surface area (Å²) >= 11 is 0. The summed E-state index contributed by atoms with van der Waals surface area (Å²) in [6.45, 7) is -1.29. The quantitative estimate of drug-likeness (QED) is 0.0566. The smallest absolute Gasteiger partial charge is 0.308 e. The molecule has 15 heteroatoms. The number of esters is 3. The van der Waals surface area contributed by atoms with Crippen molar-refractivity contribution in [2.45, 2.75) is 55.9 Å². The van der Waals surface area contributed by atoms with E-state index in [1.807, 2.05) is 0 Å². The van der Waals surface area contributed by atoms with Crippen molar-refractivity contribution < 1.29 is 73.4 Å². The highest BCUT2D eigenvalue weighted by Crippen LogP contribution is 2.29. The van der Waals surface area contributed by atoms with Crippen molar-refractivity contribution >= 4 is 17.9 Å². The van der Waals surface area contributed by atoms with Gasteiger partial charge in [0.05, 0.1) is 78.7 Å². The van der Waals surface area contributed by atoms with Gasteiger partial charge in [-0.25, -0.2) is 0 Å². The maximum Gasteiger partial charge on any atom is 0.308 e. The summed E-state index contributed by atoms with van der Waals surface area (Å²) in [7, 11) is 0. The molecule has 0 spiro atoms. The van der Waals surface area contributed by atoms with Gasteiger partial charge in [0.25, 0.3) is 0 Å². The summed E-state index contributed by atoms with van der Waals surface area (Å²) < 4.78 is 30.6. The molecule has 0 saturated heterocycles. The van der Waals surface area contributed by atoms with Crippen LogP contribution in [0.15, 0.2) is 0 Å². The van der Waals surface area contributed by atoms with Gasteiger partial charge < -0.3 is 59.1 Å². The Balaban J connectivity index is 2.99. The van der Waals surface area contributed by atoms with Gasteiger partial charge in [-0.1, -0.05) is 0 Å². The number of hydrogen-bond acceptors (Lipinski definition) is 15. The third kappa shape index (κ3) is 11.4. The zero-order valence-corrected chi connectivity index (χ0v) is 19.8. The third-order valence-corrected chi connectivity index (χ3v) is 4.88. The van der Waals surface area contributed by atoms with Gasteiger partial charge in [0.1, 0.15) is 18.3 Å². The molecule has 0 aromatic rings. The highest BCUT2D eigenvalue weighted by molar-refractivity contribution is 5.72. The Morgan fingerprint density at radius 1 is 0.472 bits per heavy atom. The Labute approximate surface area is 207 Å². The topological polar surface area (TPSA) is 228 Å². The number of ether oxygens (including phenoxy) is 6. The first-order chi connectivity index (χ1) is 17.3. The minimum Gasteiger partial charge on any atom is -0.455 e. The molecule has 1 aliphatic rings. The summed E-state index contributed by atoms with van der Waals surface area (Å²) in [4.78, 5) is 36.9. The van der Waals surface area contributed by atoms with Crippen LogP contribution >= 0.6 is 0 Å². The van der Waals surface area contributed by atoms with Crippen molar-refractivity contribution in [2.24, 2.45) is 0 Å². The molecule has 0 heterocycles. The SMILES string of the molecule is O=C(CCOCCO)O[C@H]1[C@H](OC(=O)CCOCCO)[C@H](O)[C@H](O)[C@@H](O)[C@@H]1OC(=O)CCOCCO. The van der Waals surface area contributed by atoms with E-state index in [1.54, 1.807) is 0 Å². The van der Waals surface area contributed by atoms with Gasteiger partial charge in [0.15, 0.2) is 18.3 Å². The number of aliphatic hydroxyl groups excluding tert-OH is 6. The van der Waals surface area contributed by atoms with Crippen LogP contribution < -0.4 is 0 Å². The lowest BCUT2D eigenvalue weighted by Gasteiger charge is -2.44. The molecule has 210 valence electrons. The average Bonchev–Trinajstić information content (AvgIpc) is 2.86. The molecule has 0 aliphatic heterocycles. The van der Waals surface area contributed by atoms with Crippen molar-refractivity contribution in [3.8, 4) is 0 Å². The van der Waals surface area contributed by atoms with Gasteiger partial charge in [-0.15, -0.1) is 0 Å². The molecule has 1 aliphatic carbocycles. The van der Waals surface area contributed by atoms with Crippen molar-refractivity contribution in [3.63, 3.8) is 0 Å². The molecular weight excluding hydrogens is 492 g/mol. The molecule has 0 aromatic carbocycles. The molecule has 6 N–H and O–H groups in total. The van der Waals surface area contributed by atoms with Crippen molar-refractivity contribution in [3.05, 3.63) is 0 Å². The van der Waals surface area contributed by atoms with Crippen LogP contribution in [0.3, 0.4) is 0 Å². The largest absolute Gasteiger partial charge is 0.455 e. The fourth-order valence-electron chi connectivity index (χ4n) is 3.17. The minimum absolute atomic E-state index is 0.0249. The van der Waals surface area contributed by atoms with E-state index in [4.69, 9.17) is 43.7 Å². The summed E-state index contributed by atoms with van der Waals surface area (Å²) in [5.74, 6) is -2.76. The first-order valence-electron chi connectivity index (χ1n) is 11.4. The van der Waals surface area contributed by atoms with Crippen LogP contribution in [0.4, 0.5) is 0 Å². The van der Waals surface area contributed by atoms with Gasteiger partial charge in [-0.2, -0.15) is 0 Å². The fraction of sp³-hybridized carbons (Fsp3) is 0.857. The molecule has 36 heavy (non-hydrogen) atoms. The van der Waals surface area contributed by atoms with Gasteiger partial charge in [-0.3, -0.25) is 14.4 Å². The normalized spacial score (nSPS) is 25.8.